The fourth-order valence-electron chi connectivity index (χ4n) is 4.02. The zero-order valence-corrected chi connectivity index (χ0v) is 13.5. The molecule has 0 bridgehead atoms. The lowest BCUT2D eigenvalue weighted by molar-refractivity contribution is 0.131. The Morgan fingerprint density at radius 2 is 2.00 bits per heavy atom. The normalized spacial score (nSPS) is 25.7. The van der Waals surface area contributed by atoms with Gasteiger partial charge in [0.25, 0.3) is 0 Å². The van der Waals surface area contributed by atoms with E-state index in [0.717, 1.165) is 18.5 Å². The number of rotatable bonds is 6. The minimum atomic E-state index is 0.829. The Morgan fingerprint density at radius 3 is 2.71 bits per heavy atom. The third kappa shape index (κ3) is 4.07. The van der Waals surface area contributed by atoms with Crippen LogP contribution in [0.15, 0.2) is 18.5 Å². The molecule has 0 saturated carbocycles. The third-order valence-electron chi connectivity index (χ3n) is 5.41. The van der Waals surface area contributed by atoms with E-state index in [-0.39, 0.29) is 0 Å². The van der Waals surface area contributed by atoms with Gasteiger partial charge < -0.3 is 4.90 Å². The van der Waals surface area contributed by atoms with Gasteiger partial charge in [-0.3, -0.25) is 9.58 Å². The molecule has 4 heteroatoms. The smallest absolute Gasteiger partial charge is 0.0489 e. The summed E-state index contributed by atoms with van der Waals surface area (Å²) >= 11 is 0. The summed E-state index contributed by atoms with van der Waals surface area (Å²) in [5.74, 6) is 0.899. The zero-order valence-electron chi connectivity index (χ0n) is 13.5. The second-order valence-electron chi connectivity index (χ2n) is 6.73. The van der Waals surface area contributed by atoms with Gasteiger partial charge in [0, 0.05) is 31.5 Å². The van der Waals surface area contributed by atoms with E-state index in [2.05, 4.69) is 32.7 Å². The van der Waals surface area contributed by atoms with Gasteiger partial charge in [0.15, 0.2) is 0 Å². The average Bonchev–Trinajstić information content (AvgIpc) is 3.17. The Hall–Kier alpha value is -0.870. The molecule has 4 nitrogen and oxygen atoms in total. The van der Waals surface area contributed by atoms with Gasteiger partial charge in [-0.25, -0.2) is 0 Å². The second kappa shape index (κ2) is 7.41. The van der Waals surface area contributed by atoms with E-state index in [9.17, 15) is 0 Å². The van der Waals surface area contributed by atoms with E-state index in [0.29, 0.717) is 0 Å². The van der Waals surface area contributed by atoms with Crippen LogP contribution in [0.1, 0.15) is 39.0 Å². The maximum Gasteiger partial charge on any atom is 0.0489 e. The van der Waals surface area contributed by atoms with Crippen molar-refractivity contribution in [3.05, 3.63) is 18.5 Å². The molecule has 3 heterocycles. The van der Waals surface area contributed by atoms with Crippen molar-refractivity contribution in [3.8, 4) is 0 Å². The summed E-state index contributed by atoms with van der Waals surface area (Å²) in [5, 5.41) is 4.30. The number of likely N-dealkylation sites (N-methyl/N-ethyl adjacent to an activating group) is 1. The summed E-state index contributed by atoms with van der Waals surface area (Å²) in [6.45, 7) is 9.85. The lowest BCUT2D eigenvalue weighted by Gasteiger charge is -2.35. The molecular weight excluding hydrogens is 260 g/mol. The molecule has 21 heavy (non-hydrogen) atoms. The molecule has 1 atom stereocenters. The number of hydrogen-bond donors (Lipinski definition) is 0. The van der Waals surface area contributed by atoms with Gasteiger partial charge in [0.2, 0.25) is 0 Å². The van der Waals surface area contributed by atoms with E-state index in [4.69, 9.17) is 0 Å². The van der Waals surface area contributed by atoms with Crippen LogP contribution in [-0.4, -0.2) is 58.3 Å². The highest BCUT2D eigenvalue weighted by Crippen LogP contribution is 2.24. The molecular formula is C17H30N4. The number of aromatic nitrogens is 2. The van der Waals surface area contributed by atoms with Gasteiger partial charge in [-0.05, 0) is 70.3 Å². The minimum absolute atomic E-state index is 0.829. The fraction of sp³-hybridized carbons (Fsp3) is 0.824. The van der Waals surface area contributed by atoms with Gasteiger partial charge in [-0.1, -0.05) is 6.92 Å². The van der Waals surface area contributed by atoms with Crippen LogP contribution in [0.3, 0.4) is 0 Å². The van der Waals surface area contributed by atoms with E-state index in [1.54, 1.807) is 0 Å². The highest BCUT2D eigenvalue weighted by atomic mass is 15.3. The maximum atomic E-state index is 4.30. The van der Waals surface area contributed by atoms with Crippen molar-refractivity contribution in [2.45, 2.75) is 51.6 Å². The molecule has 0 amide bonds. The number of nitrogens with zero attached hydrogens (tertiary/aromatic N) is 4. The second-order valence-corrected chi connectivity index (χ2v) is 6.73. The average molecular weight is 290 g/mol. The van der Waals surface area contributed by atoms with Gasteiger partial charge in [-0.15, -0.1) is 0 Å². The first-order chi connectivity index (χ1) is 10.3. The molecule has 0 spiro atoms. The van der Waals surface area contributed by atoms with Gasteiger partial charge in [0.05, 0.1) is 0 Å². The van der Waals surface area contributed by atoms with Crippen LogP contribution in [-0.2, 0) is 6.54 Å². The molecule has 2 fully saturated rings. The first-order valence-corrected chi connectivity index (χ1v) is 8.79. The standard InChI is InChI=1S/C17H30N4/c1-2-20-10-3-5-17(20)15-19-12-6-16(7-13-19)8-14-21-11-4-9-18-21/h4,9,11,16-17H,2-3,5-8,10,12-15H2,1H3/t17-/m0/s1. The van der Waals surface area contributed by atoms with Crippen molar-refractivity contribution in [1.29, 1.82) is 0 Å². The van der Waals surface area contributed by atoms with Crippen molar-refractivity contribution in [1.82, 2.24) is 19.6 Å². The number of hydrogen-bond acceptors (Lipinski definition) is 3. The highest BCUT2D eigenvalue weighted by Gasteiger charge is 2.27. The van der Waals surface area contributed by atoms with Gasteiger partial charge in [0.1, 0.15) is 0 Å². The summed E-state index contributed by atoms with van der Waals surface area (Å²) in [7, 11) is 0. The molecule has 118 valence electrons. The molecule has 1 aromatic rings. The largest absolute Gasteiger partial charge is 0.302 e. The Morgan fingerprint density at radius 1 is 1.14 bits per heavy atom. The van der Waals surface area contributed by atoms with Crippen LogP contribution >= 0.6 is 0 Å². The number of aryl methyl sites for hydroxylation is 1. The lowest BCUT2D eigenvalue weighted by Crippen LogP contribution is -2.43. The summed E-state index contributed by atoms with van der Waals surface area (Å²) in [6, 6.07) is 2.85. The van der Waals surface area contributed by atoms with Crippen LogP contribution in [0.5, 0.6) is 0 Å². The molecule has 2 aliphatic heterocycles. The predicted octanol–water partition coefficient (Wildman–Crippen LogP) is 2.47. The van der Waals surface area contributed by atoms with Crippen molar-refractivity contribution in [3.63, 3.8) is 0 Å². The zero-order chi connectivity index (χ0) is 14.5. The minimum Gasteiger partial charge on any atom is -0.302 e. The van der Waals surface area contributed by atoms with Crippen molar-refractivity contribution >= 4 is 0 Å². The van der Waals surface area contributed by atoms with Crippen molar-refractivity contribution in [2.24, 2.45) is 5.92 Å². The Balaban J connectivity index is 1.37. The van der Waals surface area contributed by atoms with Crippen LogP contribution in [0.25, 0.3) is 0 Å². The van der Waals surface area contributed by atoms with E-state index >= 15 is 0 Å². The highest BCUT2D eigenvalue weighted by molar-refractivity contribution is 4.83. The number of piperidine rings is 1. The Kier molecular flexibility index (Phi) is 5.31. The van der Waals surface area contributed by atoms with Crippen molar-refractivity contribution < 1.29 is 0 Å². The van der Waals surface area contributed by atoms with E-state index < -0.39 is 0 Å². The van der Waals surface area contributed by atoms with Crippen molar-refractivity contribution in [2.75, 3.05) is 32.7 Å². The molecule has 2 aliphatic rings. The third-order valence-corrected chi connectivity index (χ3v) is 5.41. The predicted molar refractivity (Wildman–Crippen MR) is 86.3 cm³/mol. The fourth-order valence-corrected chi connectivity index (χ4v) is 4.02. The monoisotopic (exact) mass is 290 g/mol. The Bertz CT molecular complexity index is 395. The van der Waals surface area contributed by atoms with Crippen LogP contribution < -0.4 is 0 Å². The molecule has 0 aromatic carbocycles. The quantitative estimate of drug-likeness (QED) is 0.804. The first-order valence-electron chi connectivity index (χ1n) is 8.79. The molecule has 0 unspecified atom stereocenters. The maximum absolute atomic E-state index is 4.30. The van der Waals surface area contributed by atoms with Crippen LogP contribution in [0.4, 0.5) is 0 Å². The SMILES string of the molecule is CCN1CCC[C@H]1CN1CCC(CCn2cccn2)CC1. The van der Waals surface area contributed by atoms with Gasteiger partial charge >= 0.3 is 0 Å². The van der Waals surface area contributed by atoms with E-state index in [1.165, 1.54) is 64.8 Å². The molecule has 0 aliphatic carbocycles. The molecule has 0 N–H and O–H groups in total. The molecule has 0 radical (unpaired) electrons. The molecule has 3 rings (SSSR count). The summed E-state index contributed by atoms with van der Waals surface area (Å²) in [4.78, 5) is 5.38. The molecule has 1 aromatic heterocycles. The summed E-state index contributed by atoms with van der Waals surface area (Å²) in [6.07, 6.45) is 10.8. The van der Waals surface area contributed by atoms with E-state index in [1.807, 2.05) is 12.3 Å². The summed E-state index contributed by atoms with van der Waals surface area (Å²) in [5.41, 5.74) is 0. The Labute approximate surface area is 129 Å². The lowest BCUT2D eigenvalue weighted by atomic mass is 9.93. The van der Waals surface area contributed by atoms with Crippen LogP contribution in [0, 0.1) is 5.92 Å². The summed E-state index contributed by atoms with van der Waals surface area (Å²) < 4.78 is 2.07. The topological polar surface area (TPSA) is 24.3 Å². The first kappa shape index (κ1) is 15.0. The van der Waals surface area contributed by atoms with Crippen LogP contribution in [0.2, 0.25) is 0 Å². The van der Waals surface area contributed by atoms with Gasteiger partial charge in [-0.2, -0.15) is 5.10 Å². The molecule has 2 saturated heterocycles. The number of likely N-dealkylation sites (tertiary alicyclic amines) is 2.